The number of ether oxygens (including phenoxy) is 3. The molecular weight excluding hydrogens is 437 g/mol. The first kappa shape index (κ1) is 21.1. The van der Waals surface area contributed by atoms with Crippen molar-refractivity contribution in [3.05, 3.63) is 72.1 Å². The van der Waals surface area contributed by atoms with Crippen molar-refractivity contribution in [1.29, 1.82) is 0 Å². The van der Waals surface area contributed by atoms with Crippen molar-refractivity contribution in [2.75, 3.05) is 7.11 Å². The van der Waals surface area contributed by atoms with Gasteiger partial charge in [0.25, 0.3) is 0 Å². The van der Waals surface area contributed by atoms with Crippen LogP contribution >= 0.6 is 0 Å². The highest BCUT2D eigenvalue weighted by molar-refractivity contribution is 5.78. The van der Waals surface area contributed by atoms with Gasteiger partial charge in [-0.15, -0.1) is 13.2 Å². The fourth-order valence-electron chi connectivity index (χ4n) is 4.21. The third-order valence-electron chi connectivity index (χ3n) is 5.91. The monoisotopic (exact) mass is 456 g/mol. The molecule has 0 N–H and O–H groups in total. The first-order valence-electron chi connectivity index (χ1n) is 10.3. The average molecular weight is 456 g/mol. The van der Waals surface area contributed by atoms with Crippen LogP contribution in [0.25, 0.3) is 11.1 Å². The third kappa shape index (κ3) is 3.94. The van der Waals surface area contributed by atoms with Gasteiger partial charge in [-0.2, -0.15) is 0 Å². The number of alkyl halides is 3. The number of amides is 1. The van der Waals surface area contributed by atoms with Gasteiger partial charge >= 0.3 is 12.5 Å². The number of benzene rings is 2. The number of halogens is 3. The largest absolute Gasteiger partial charge is 0.573 e. The van der Waals surface area contributed by atoms with Gasteiger partial charge in [-0.1, -0.05) is 12.1 Å². The summed E-state index contributed by atoms with van der Waals surface area (Å²) in [5.41, 5.74) is 2.42. The van der Waals surface area contributed by atoms with E-state index >= 15 is 0 Å². The lowest BCUT2D eigenvalue weighted by Gasteiger charge is -2.35. The molecule has 0 saturated heterocycles. The number of hydrogen-bond acceptors (Lipinski definition) is 5. The molecule has 0 radical (unpaired) electrons. The van der Waals surface area contributed by atoms with E-state index in [0.29, 0.717) is 23.4 Å². The van der Waals surface area contributed by atoms with Crippen LogP contribution in [0.5, 0.6) is 17.2 Å². The van der Waals surface area contributed by atoms with Gasteiger partial charge in [0.15, 0.2) is 0 Å². The maximum Gasteiger partial charge on any atom is 0.573 e. The van der Waals surface area contributed by atoms with E-state index in [0.717, 1.165) is 24.1 Å². The molecule has 3 aromatic rings. The average Bonchev–Trinajstić information content (AvgIpc) is 3.60. The maximum absolute atomic E-state index is 12.8. The van der Waals surface area contributed by atoms with Crippen molar-refractivity contribution in [3.63, 3.8) is 0 Å². The van der Waals surface area contributed by atoms with E-state index in [4.69, 9.17) is 9.47 Å². The summed E-state index contributed by atoms with van der Waals surface area (Å²) in [5.74, 6) is 0.313. The zero-order valence-electron chi connectivity index (χ0n) is 17.6. The molecule has 33 heavy (non-hydrogen) atoms. The molecule has 1 saturated carbocycles. The van der Waals surface area contributed by atoms with Crippen LogP contribution in [0.2, 0.25) is 0 Å². The van der Waals surface area contributed by atoms with Crippen molar-refractivity contribution >= 4 is 6.09 Å². The molecule has 0 spiro atoms. The minimum Gasteiger partial charge on any atom is -0.496 e. The van der Waals surface area contributed by atoms with Crippen molar-refractivity contribution in [3.8, 4) is 28.4 Å². The Kier molecular flexibility index (Phi) is 4.92. The Balaban J connectivity index is 1.47. The summed E-state index contributed by atoms with van der Waals surface area (Å²) in [5, 5.41) is 0. The Bertz CT molecular complexity index is 1210. The fourth-order valence-corrected chi connectivity index (χ4v) is 4.21. The van der Waals surface area contributed by atoms with Gasteiger partial charge in [-0.05, 0) is 54.8 Å². The smallest absolute Gasteiger partial charge is 0.496 e. The molecule has 0 unspecified atom stereocenters. The second kappa shape index (κ2) is 7.68. The first-order chi connectivity index (χ1) is 15.8. The van der Waals surface area contributed by atoms with E-state index < -0.39 is 18.0 Å². The van der Waals surface area contributed by atoms with E-state index in [1.54, 1.807) is 23.2 Å². The van der Waals surface area contributed by atoms with E-state index in [1.807, 2.05) is 24.3 Å². The Labute approximate surface area is 187 Å². The topological polar surface area (TPSA) is 60.9 Å². The molecule has 1 amide bonds. The van der Waals surface area contributed by atoms with Crippen molar-refractivity contribution in [1.82, 2.24) is 9.88 Å². The lowest BCUT2D eigenvalue weighted by molar-refractivity contribution is -0.274. The number of nitrogens with zero attached hydrogens (tertiary/aromatic N) is 2. The number of pyridine rings is 1. The number of hydrogen-bond donors (Lipinski definition) is 0. The molecule has 0 bridgehead atoms. The summed E-state index contributed by atoms with van der Waals surface area (Å²) in [6, 6.07) is 14.8. The number of rotatable bonds is 5. The molecule has 0 atom stereocenters. The number of carbonyl (C=O) groups is 1. The quantitative estimate of drug-likeness (QED) is 0.496. The van der Waals surface area contributed by atoms with Crippen molar-refractivity contribution in [2.45, 2.75) is 31.3 Å². The van der Waals surface area contributed by atoms with Crippen LogP contribution in [-0.2, 0) is 12.1 Å². The minimum absolute atomic E-state index is 0.230. The Morgan fingerprint density at radius 1 is 1.09 bits per heavy atom. The number of carbonyl (C=O) groups excluding carboxylic acids is 1. The van der Waals surface area contributed by atoms with Gasteiger partial charge in [-0.3, -0.25) is 9.88 Å². The van der Waals surface area contributed by atoms with Crippen LogP contribution in [-0.4, -0.2) is 29.4 Å². The molecule has 6 nitrogen and oxygen atoms in total. The first-order valence-corrected chi connectivity index (χ1v) is 10.3. The molecule has 1 aliphatic carbocycles. The molecule has 170 valence electrons. The number of fused-ring (bicyclic) bond motifs is 1. The third-order valence-corrected chi connectivity index (χ3v) is 5.91. The predicted octanol–water partition coefficient (Wildman–Crippen LogP) is 5.66. The summed E-state index contributed by atoms with van der Waals surface area (Å²) in [7, 11) is 1.38. The molecule has 2 aliphatic rings. The van der Waals surface area contributed by atoms with Gasteiger partial charge in [0.2, 0.25) is 0 Å². The molecule has 1 fully saturated rings. The highest BCUT2D eigenvalue weighted by atomic mass is 19.4. The van der Waals surface area contributed by atoms with Crippen LogP contribution in [0.1, 0.15) is 24.1 Å². The number of aromatic nitrogens is 1. The van der Waals surface area contributed by atoms with Crippen LogP contribution in [0.15, 0.2) is 60.8 Å². The lowest BCUT2D eigenvalue weighted by Crippen LogP contribution is -2.44. The van der Waals surface area contributed by atoms with Gasteiger partial charge in [0, 0.05) is 23.4 Å². The zero-order valence-corrected chi connectivity index (χ0v) is 17.6. The standard InChI is InChI=1S/C24H19F3N2O4/c1-31-20-13-17(33-24(25,26)27)6-7-18(20)15-5-8-19-16(12-15)14-29(22(30)32-19)23(9-10-23)21-4-2-3-11-28-21/h2-8,11-13H,9-10,14H2,1H3. The summed E-state index contributed by atoms with van der Waals surface area (Å²) in [6.45, 7) is 0.330. The fraction of sp³-hybridized carbons (Fsp3) is 0.250. The molecule has 9 heteroatoms. The molecule has 5 rings (SSSR count). The second-order valence-corrected chi connectivity index (χ2v) is 7.93. The van der Waals surface area contributed by atoms with Gasteiger partial charge in [0.05, 0.1) is 24.9 Å². The maximum atomic E-state index is 12.8. The van der Waals surface area contributed by atoms with Crippen LogP contribution in [0, 0.1) is 0 Å². The van der Waals surface area contributed by atoms with Gasteiger partial charge in [0.1, 0.15) is 17.2 Å². The minimum atomic E-state index is -4.79. The highest BCUT2D eigenvalue weighted by Gasteiger charge is 2.54. The number of methoxy groups -OCH3 is 1. The summed E-state index contributed by atoms with van der Waals surface area (Å²) >= 11 is 0. The molecular formula is C24H19F3N2O4. The molecule has 1 aliphatic heterocycles. The summed E-state index contributed by atoms with van der Waals surface area (Å²) < 4.78 is 52.6. The Morgan fingerprint density at radius 3 is 2.58 bits per heavy atom. The molecule has 2 heterocycles. The molecule has 1 aromatic heterocycles. The van der Waals surface area contributed by atoms with Crippen LogP contribution < -0.4 is 14.2 Å². The summed E-state index contributed by atoms with van der Waals surface area (Å²) in [6.07, 6.45) is -1.93. The Morgan fingerprint density at radius 2 is 1.91 bits per heavy atom. The van der Waals surface area contributed by atoms with Crippen LogP contribution in [0.4, 0.5) is 18.0 Å². The summed E-state index contributed by atoms with van der Waals surface area (Å²) in [4.78, 5) is 18.9. The van der Waals surface area contributed by atoms with Gasteiger partial charge < -0.3 is 14.2 Å². The van der Waals surface area contributed by atoms with Crippen molar-refractivity contribution < 1.29 is 32.2 Å². The highest BCUT2D eigenvalue weighted by Crippen LogP contribution is 2.52. The van der Waals surface area contributed by atoms with Crippen LogP contribution in [0.3, 0.4) is 0 Å². The predicted molar refractivity (Wildman–Crippen MR) is 112 cm³/mol. The van der Waals surface area contributed by atoms with E-state index in [2.05, 4.69) is 9.72 Å². The molecule has 2 aromatic carbocycles. The van der Waals surface area contributed by atoms with E-state index in [1.165, 1.54) is 25.3 Å². The second-order valence-electron chi connectivity index (χ2n) is 7.93. The van der Waals surface area contributed by atoms with Crippen molar-refractivity contribution in [2.24, 2.45) is 0 Å². The Hall–Kier alpha value is -3.75. The normalized spacial score (nSPS) is 16.6. The van der Waals surface area contributed by atoms with Gasteiger partial charge in [-0.25, -0.2) is 4.79 Å². The van der Waals surface area contributed by atoms with E-state index in [9.17, 15) is 18.0 Å². The van der Waals surface area contributed by atoms with E-state index in [-0.39, 0.29) is 11.5 Å². The zero-order chi connectivity index (χ0) is 23.2. The SMILES string of the molecule is COc1cc(OC(F)(F)F)ccc1-c1ccc2c(c1)CN(C1(c3ccccn3)CC1)C(=O)O2. The lowest BCUT2D eigenvalue weighted by atomic mass is 9.99.